The Morgan fingerprint density at radius 2 is 2.19 bits per heavy atom. The Balaban J connectivity index is 0.00000128. The Kier molecular flexibility index (Phi) is 5.06. The topological polar surface area (TPSA) is 41.1 Å². The molecule has 0 spiro atoms. The molecule has 1 unspecified atom stereocenters. The SMILES string of the molecule is CCC1(NC(=O)CC2CCCN2)CCC1.Cl. The number of rotatable bonds is 4. The maximum absolute atomic E-state index is 11.8. The first-order chi connectivity index (χ1) is 7.24. The van der Waals surface area contributed by atoms with Gasteiger partial charge in [-0.3, -0.25) is 4.79 Å². The maximum Gasteiger partial charge on any atom is 0.221 e. The lowest BCUT2D eigenvalue weighted by molar-refractivity contribution is -0.124. The second-order valence-corrected chi connectivity index (χ2v) is 5.03. The van der Waals surface area contributed by atoms with Gasteiger partial charge < -0.3 is 10.6 Å². The highest BCUT2D eigenvalue weighted by Gasteiger charge is 2.36. The summed E-state index contributed by atoms with van der Waals surface area (Å²) in [6.07, 6.45) is 7.75. The summed E-state index contributed by atoms with van der Waals surface area (Å²) in [5.74, 6) is 0.246. The first-order valence-corrected chi connectivity index (χ1v) is 6.28. The van der Waals surface area contributed by atoms with Crippen LogP contribution in [0.4, 0.5) is 0 Å². The number of halogens is 1. The molecule has 1 aliphatic carbocycles. The van der Waals surface area contributed by atoms with Gasteiger partial charge in [-0.15, -0.1) is 12.4 Å². The molecule has 2 rings (SSSR count). The molecule has 4 heteroatoms. The smallest absolute Gasteiger partial charge is 0.221 e. The minimum absolute atomic E-state index is 0. The highest BCUT2D eigenvalue weighted by Crippen LogP contribution is 2.34. The van der Waals surface area contributed by atoms with Crippen molar-refractivity contribution in [3.63, 3.8) is 0 Å². The Labute approximate surface area is 104 Å². The van der Waals surface area contributed by atoms with E-state index in [1.807, 2.05) is 0 Å². The zero-order valence-electron chi connectivity index (χ0n) is 10.1. The number of hydrogen-bond acceptors (Lipinski definition) is 2. The molecule has 0 aromatic rings. The van der Waals surface area contributed by atoms with E-state index in [2.05, 4.69) is 17.6 Å². The van der Waals surface area contributed by atoms with Crippen LogP contribution in [-0.2, 0) is 4.79 Å². The van der Waals surface area contributed by atoms with Crippen LogP contribution in [0.25, 0.3) is 0 Å². The van der Waals surface area contributed by atoms with E-state index in [-0.39, 0.29) is 23.9 Å². The molecule has 1 aliphatic heterocycles. The van der Waals surface area contributed by atoms with Crippen molar-refractivity contribution in [1.29, 1.82) is 0 Å². The summed E-state index contributed by atoms with van der Waals surface area (Å²) >= 11 is 0. The van der Waals surface area contributed by atoms with Crippen LogP contribution >= 0.6 is 12.4 Å². The molecule has 1 saturated heterocycles. The van der Waals surface area contributed by atoms with Crippen LogP contribution in [0.5, 0.6) is 0 Å². The lowest BCUT2D eigenvalue weighted by atomic mass is 9.74. The lowest BCUT2D eigenvalue weighted by Crippen LogP contribution is -2.53. The monoisotopic (exact) mass is 246 g/mol. The van der Waals surface area contributed by atoms with Gasteiger partial charge in [-0.2, -0.15) is 0 Å². The predicted molar refractivity (Wildman–Crippen MR) is 67.9 cm³/mol. The molecule has 2 N–H and O–H groups in total. The van der Waals surface area contributed by atoms with Crippen molar-refractivity contribution < 1.29 is 4.79 Å². The Morgan fingerprint density at radius 1 is 1.44 bits per heavy atom. The van der Waals surface area contributed by atoms with E-state index in [0.717, 1.165) is 19.4 Å². The average molecular weight is 247 g/mol. The number of nitrogens with one attached hydrogen (secondary N) is 2. The van der Waals surface area contributed by atoms with Gasteiger partial charge in [0.25, 0.3) is 0 Å². The molecule has 2 fully saturated rings. The molecule has 16 heavy (non-hydrogen) atoms. The molecule has 3 nitrogen and oxygen atoms in total. The van der Waals surface area contributed by atoms with E-state index in [1.165, 1.54) is 25.7 Å². The molecule has 0 radical (unpaired) electrons. The number of carbonyl (C=O) groups is 1. The van der Waals surface area contributed by atoms with Crippen LogP contribution in [0.3, 0.4) is 0 Å². The van der Waals surface area contributed by atoms with Crippen LogP contribution in [-0.4, -0.2) is 24.0 Å². The van der Waals surface area contributed by atoms with E-state index >= 15 is 0 Å². The third kappa shape index (κ3) is 3.11. The second-order valence-electron chi connectivity index (χ2n) is 5.03. The van der Waals surface area contributed by atoms with Crippen molar-refractivity contribution in [2.24, 2.45) is 0 Å². The summed E-state index contributed by atoms with van der Waals surface area (Å²) in [6, 6.07) is 0.430. The van der Waals surface area contributed by atoms with Gasteiger partial charge in [0.15, 0.2) is 0 Å². The number of amides is 1. The molecule has 1 heterocycles. The second kappa shape index (κ2) is 5.87. The average Bonchev–Trinajstić information content (AvgIpc) is 2.64. The molecule has 94 valence electrons. The van der Waals surface area contributed by atoms with Gasteiger partial charge >= 0.3 is 0 Å². The van der Waals surface area contributed by atoms with Crippen LogP contribution in [0.2, 0.25) is 0 Å². The van der Waals surface area contributed by atoms with Gasteiger partial charge in [-0.05, 0) is 45.1 Å². The Hall–Kier alpha value is -0.280. The van der Waals surface area contributed by atoms with Crippen LogP contribution < -0.4 is 10.6 Å². The highest BCUT2D eigenvalue weighted by molar-refractivity contribution is 5.85. The van der Waals surface area contributed by atoms with E-state index in [1.54, 1.807) is 0 Å². The highest BCUT2D eigenvalue weighted by atomic mass is 35.5. The van der Waals surface area contributed by atoms with E-state index in [0.29, 0.717) is 12.5 Å². The minimum Gasteiger partial charge on any atom is -0.351 e. The minimum atomic E-state index is 0. The van der Waals surface area contributed by atoms with Gasteiger partial charge in [0, 0.05) is 18.0 Å². The zero-order valence-corrected chi connectivity index (χ0v) is 10.9. The van der Waals surface area contributed by atoms with Crippen molar-refractivity contribution in [3.05, 3.63) is 0 Å². The first-order valence-electron chi connectivity index (χ1n) is 6.28. The summed E-state index contributed by atoms with van der Waals surface area (Å²) in [5.41, 5.74) is 0.162. The summed E-state index contributed by atoms with van der Waals surface area (Å²) < 4.78 is 0. The molecule has 0 bridgehead atoms. The van der Waals surface area contributed by atoms with Crippen LogP contribution in [0, 0.1) is 0 Å². The third-order valence-electron chi connectivity index (χ3n) is 3.99. The largest absolute Gasteiger partial charge is 0.351 e. The quantitative estimate of drug-likeness (QED) is 0.797. The summed E-state index contributed by atoms with van der Waals surface area (Å²) in [5, 5.41) is 6.59. The van der Waals surface area contributed by atoms with Gasteiger partial charge in [0.2, 0.25) is 5.91 Å². The van der Waals surface area contributed by atoms with Gasteiger partial charge in [0.05, 0.1) is 0 Å². The van der Waals surface area contributed by atoms with E-state index in [9.17, 15) is 4.79 Å². The fraction of sp³-hybridized carbons (Fsp3) is 0.917. The molecular formula is C12H23ClN2O. The van der Waals surface area contributed by atoms with E-state index in [4.69, 9.17) is 0 Å². The number of carbonyl (C=O) groups excluding carboxylic acids is 1. The Bertz CT molecular complexity index is 230. The lowest BCUT2D eigenvalue weighted by Gasteiger charge is -2.42. The predicted octanol–water partition coefficient (Wildman–Crippen LogP) is 2.00. The van der Waals surface area contributed by atoms with Crippen molar-refractivity contribution in [1.82, 2.24) is 10.6 Å². The summed E-state index contributed by atoms with van der Waals surface area (Å²) in [7, 11) is 0. The fourth-order valence-electron chi connectivity index (χ4n) is 2.67. The van der Waals surface area contributed by atoms with Crippen molar-refractivity contribution in [2.75, 3.05) is 6.54 Å². The van der Waals surface area contributed by atoms with Crippen molar-refractivity contribution >= 4 is 18.3 Å². The summed E-state index contributed by atoms with van der Waals surface area (Å²) in [4.78, 5) is 11.8. The normalized spacial score (nSPS) is 26.7. The molecule has 1 saturated carbocycles. The van der Waals surface area contributed by atoms with Gasteiger partial charge in [-0.1, -0.05) is 6.92 Å². The van der Waals surface area contributed by atoms with Crippen molar-refractivity contribution in [2.45, 2.75) is 63.5 Å². The molecule has 0 aromatic heterocycles. The first kappa shape index (κ1) is 13.8. The fourth-order valence-corrected chi connectivity index (χ4v) is 2.67. The zero-order chi connectivity index (χ0) is 10.7. The maximum atomic E-state index is 11.8. The third-order valence-corrected chi connectivity index (χ3v) is 3.99. The van der Waals surface area contributed by atoms with Gasteiger partial charge in [-0.25, -0.2) is 0 Å². The van der Waals surface area contributed by atoms with Crippen LogP contribution in [0.1, 0.15) is 51.9 Å². The Morgan fingerprint density at radius 3 is 2.62 bits per heavy atom. The van der Waals surface area contributed by atoms with Crippen molar-refractivity contribution in [3.8, 4) is 0 Å². The standard InChI is InChI=1S/C12H22N2O.ClH/c1-2-12(6-4-7-12)14-11(15)9-10-5-3-8-13-10;/h10,13H,2-9H2,1H3,(H,14,15);1H. The van der Waals surface area contributed by atoms with Crippen LogP contribution in [0.15, 0.2) is 0 Å². The van der Waals surface area contributed by atoms with E-state index < -0.39 is 0 Å². The molecule has 1 atom stereocenters. The number of hydrogen-bond donors (Lipinski definition) is 2. The molecule has 0 aromatic carbocycles. The van der Waals surface area contributed by atoms with Gasteiger partial charge in [0.1, 0.15) is 0 Å². The molecule has 1 amide bonds. The molecule has 2 aliphatic rings. The molecular weight excluding hydrogens is 224 g/mol. The summed E-state index contributed by atoms with van der Waals surface area (Å²) in [6.45, 7) is 3.25.